The number of aryl methyl sites for hydroxylation is 1. The van der Waals surface area contributed by atoms with Gasteiger partial charge in [0.2, 0.25) is 5.52 Å². The molecule has 0 saturated heterocycles. The van der Waals surface area contributed by atoms with E-state index >= 15 is 0 Å². The number of unbranched alkanes of at least 4 members (excludes halogenated alkanes) is 2. The minimum absolute atomic E-state index is 0.225. The SMILES string of the molecule is CC(C)(C)C1=CCC=C(C(C)(C)C)C1[B-]Cc1ccccc1.CCCCCN1C(=CC2=CC(=CC=Cc3cc[n+](C)c4ccccc34)CC(C)(C)C2)Sc2ccccc21. The van der Waals surface area contributed by atoms with Gasteiger partial charge in [-0.1, -0.05) is 184 Å². The number of rotatable bonds is 10. The van der Waals surface area contributed by atoms with Crippen LogP contribution in [-0.2, 0) is 13.4 Å². The smallest absolute Gasteiger partial charge is 0.212 e. The molecule has 0 amide bonds. The molecule has 0 atom stereocenters. The van der Waals surface area contributed by atoms with E-state index in [1.165, 1.54) is 68.1 Å². The quantitative estimate of drug-likeness (QED) is 0.0683. The van der Waals surface area contributed by atoms with Crippen LogP contribution in [0.3, 0.4) is 0 Å². The van der Waals surface area contributed by atoms with Gasteiger partial charge < -0.3 is 12.2 Å². The lowest BCUT2D eigenvalue weighted by molar-refractivity contribution is -0.644. The Labute approximate surface area is 363 Å². The molecule has 4 aromatic rings. The minimum Gasteiger partial charge on any atom is -0.335 e. The summed E-state index contributed by atoms with van der Waals surface area (Å²) in [5.74, 6) is 0.467. The van der Waals surface area contributed by atoms with E-state index in [4.69, 9.17) is 0 Å². The zero-order chi connectivity index (χ0) is 42.2. The van der Waals surface area contributed by atoms with E-state index in [0.717, 1.165) is 32.1 Å². The van der Waals surface area contributed by atoms with Crippen LogP contribution < -0.4 is 9.47 Å². The second kappa shape index (κ2) is 19.4. The van der Waals surface area contributed by atoms with Gasteiger partial charge in [-0.3, -0.25) is 0 Å². The number of thioether (sulfide) groups is 1. The standard InChI is InChI=1S/C34H39N2S.C21H30B/c1-5-6-11-20-36-31-17-9-10-18-32(31)37-33(36)23-27-22-26(24-34(2,3)25-27)13-12-14-28-19-21-35(4)30-16-8-7-15-29(28)30;1-20(2,3)17-13-10-14-18(21(4,5)6)19(17)22-15-16-11-8-7-9-12-16/h7-10,12-19,21-23H,5-6,11,20,24-25H2,1-4H3;7-9,11-14,19H,10,15H2,1-6H3/q+1;-1. The average Bonchev–Trinajstić information content (AvgIpc) is 3.53. The Hall–Kier alpha value is -4.28. The first-order valence-corrected chi connectivity index (χ1v) is 22.9. The fourth-order valence-corrected chi connectivity index (χ4v) is 10.2. The molecule has 4 heteroatoms. The molecular formula is C55H69BN2S. The fraction of sp³-hybridized carbons (Fsp3) is 0.400. The maximum absolute atomic E-state index is 2.54. The van der Waals surface area contributed by atoms with Crippen molar-refractivity contribution < 1.29 is 4.57 Å². The predicted octanol–water partition coefficient (Wildman–Crippen LogP) is 15.0. The van der Waals surface area contributed by atoms with Gasteiger partial charge in [0.1, 0.15) is 7.05 Å². The Kier molecular flexibility index (Phi) is 14.6. The number of pyridine rings is 1. The summed E-state index contributed by atoms with van der Waals surface area (Å²) in [6, 6.07) is 30.5. The first-order valence-electron chi connectivity index (χ1n) is 22.1. The number of hydrogen-bond donors (Lipinski definition) is 0. The number of allylic oxidation sites excluding steroid dienone is 10. The lowest BCUT2D eigenvalue weighted by Gasteiger charge is -2.47. The minimum atomic E-state index is 0.225. The average molecular weight is 801 g/mol. The molecule has 2 radical (unpaired) electrons. The maximum atomic E-state index is 2.54. The largest absolute Gasteiger partial charge is 0.335 e. The van der Waals surface area contributed by atoms with Gasteiger partial charge in [-0.25, -0.2) is 10.9 Å². The summed E-state index contributed by atoms with van der Waals surface area (Å²) < 4.78 is 2.18. The lowest BCUT2D eigenvalue weighted by atomic mass is 9.48. The number of aromatic nitrogens is 1. The number of nitrogens with zero attached hydrogens (tertiary/aromatic N) is 2. The molecule has 0 unspecified atom stereocenters. The third kappa shape index (κ3) is 11.7. The first-order chi connectivity index (χ1) is 28.1. The number of hydrogen-bond acceptors (Lipinski definition) is 2. The van der Waals surface area contributed by atoms with Gasteiger partial charge in [0.05, 0.1) is 16.1 Å². The summed E-state index contributed by atoms with van der Waals surface area (Å²) in [6.07, 6.45) is 26.8. The van der Waals surface area contributed by atoms with Crippen LogP contribution in [0.15, 0.2) is 160 Å². The van der Waals surface area contributed by atoms with Gasteiger partial charge in [-0.05, 0) is 82.9 Å². The topological polar surface area (TPSA) is 7.12 Å². The third-order valence-electron chi connectivity index (χ3n) is 11.8. The van der Waals surface area contributed by atoms with Crippen LogP contribution in [0.4, 0.5) is 5.69 Å². The van der Waals surface area contributed by atoms with E-state index in [0.29, 0.717) is 5.82 Å². The Balaban J connectivity index is 0.000000227. The molecule has 0 bridgehead atoms. The van der Waals surface area contributed by atoms with Crippen LogP contribution in [0.5, 0.6) is 0 Å². The van der Waals surface area contributed by atoms with Crippen LogP contribution in [0.25, 0.3) is 17.0 Å². The molecule has 3 aromatic carbocycles. The van der Waals surface area contributed by atoms with Gasteiger partial charge in [0, 0.05) is 23.6 Å². The number of para-hydroxylation sites is 2. The summed E-state index contributed by atoms with van der Waals surface area (Å²) in [6.45, 7) is 22.2. The molecule has 2 heterocycles. The van der Waals surface area contributed by atoms with Crippen molar-refractivity contribution >= 4 is 41.7 Å². The van der Waals surface area contributed by atoms with E-state index in [2.05, 4.69) is 220 Å². The highest BCUT2D eigenvalue weighted by Crippen LogP contribution is 2.49. The van der Waals surface area contributed by atoms with Crippen molar-refractivity contribution in [3.63, 3.8) is 0 Å². The van der Waals surface area contributed by atoms with Gasteiger partial charge in [-0.2, -0.15) is 5.82 Å². The van der Waals surface area contributed by atoms with Gasteiger partial charge in [0.15, 0.2) is 6.20 Å². The molecule has 59 heavy (non-hydrogen) atoms. The number of anilines is 1. The van der Waals surface area contributed by atoms with Crippen LogP contribution in [-0.4, -0.2) is 13.8 Å². The summed E-state index contributed by atoms with van der Waals surface area (Å²) in [5.41, 5.74) is 12.0. The molecule has 3 aliphatic rings. The van der Waals surface area contributed by atoms with Crippen LogP contribution >= 0.6 is 11.8 Å². The van der Waals surface area contributed by atoms with E-state index in [1.807, 2.05) is 11.8 Å². The van der Waals surface area contributed by atoms with Crippen LogP contribution in [0, 0.1) is 16.2 Å². The Bertz CT molecular complexity index is 2220. The molecule has 1 aromatic heterocycles. The van der Waals surface area contributed by atoms with Gasteiger partial charge in [0.25, 0.3) is 0 Å². The number of benzene rings is 3. The highest BCUT2D eigenvalue weighted by Gasteiger charge is 2.30. The van der Waals surface area contributed by atoms with E-state index in [1.54, 1.807) is 11.1 Å². The highest BCUT2D eigenvalue weighted by molar-refractivity contribution is 8.03. The summed E-state index contributed by atoms with van der Waals surface area (Å²) in [4.78, 5) is 3.92. The second-order valence-corrected chi connectivity index (χ2v) is 20.7. The zero-order valence-corrected chi connectivity index (χ0v) is 38.6. The lowest BCUT2D eigenvalue weighted by Crippen LogP contribution is -2.28. The highest BCUT2D eigenvalue weighted by atomic mass is 32.2. The monoisotopic (exact) mass is 801 g/mol. The molecule has 1 aliphatic heterocycles. The first kappa shape index (κ1) is 44.3. The summed E-state index contributed by atoms with van der Waals surface area (Å²) in [7, 11) is 4.62. The van der Waals surface area contributed by atoms with Crippen molar-refractivity contribution in [1.82, 2.24) is 0 Å². The van der Waals surface area contributed by atoms with Crippen molar-refractivity contribution in [2.45, 2.75) is 118 Å². The molecule has 2 nitrogen and oxygen atoms in total. The molecule has 7 rings (SSSR count). The maximum Gasteiger partial charge on any atom is 0.212 e. The molecule has 0 N–H and O–H groups in total. The third-order valence-corrected chi connectivity index (χ3v) is 12.9. The van der Waals surface area contributed by atoms with Crippen LogP contribution in [0.2, 0.25) is 5.82 Å². The van der Waals surface area contributed by atoms with Gasteiger partial charge >= 0.3 is 0 Å². The summed E-state index contributed by atoms with van der Waals surface area (Å²) >= 11 is 1.93. The molecular weight excluding hydrogens is 731 g/mol. The number of fused-ring (bicyclic) bond motifs is 2. The van der Waals surface area contributed by atoms with Crippen molar-refractivity contribution in [3.8, 4) is 0 Å². The Morgan fingerprint density at radius 3 is 2.22 bits per heavy atom. The second-order valence-electron chi connectivity index (χ2n) is 19.6. The molecule has 0 spiro atoms. The van der Waals surface area contributed by atoms with Crippen molar-refractivity contribution in [1.29, 1.82) is 0 Å². The Morgan fingerprint density at radius 2 is 1.51 bits per heavy atom. The van der Waals surface area contributed by atoms with E-state index in [9.17, 15) is 0 Å². The van der Waals surface area contributed by atoms with Gasteiger partial charge in [-0.15, -0.1) is 11.1 Å². The van der Waals surface area contributed by atoms with Crippen LogP contribution in [0.1, 0.15) is 112 Å². The van der Waals surface area contributed by atoms with E-state index < -0.39 is 0 Å². The van der Waals surface area contributed by atoms with Crippen molar-refractivity contribution in [3.05, 3.63) is 166 Å². The van der Waals surface area contributed by atoms with Crippen molar-refractivity contribution in [2.24, 2.45) is 23.3 Å². The molecule has 2 aliphatic carbocycles. The zero-order valence-electron chi connectivity index (χ0n) is 37.8. The molecule has 0 saturated carbocycles. The predicted molar refractivity (Wildman–Crippen MR) is 260 cm³/mol. The van der Waals surface area contributed by atoms with E-state index in [-0.39, 0.29) is 16.2 Å². The Morgan fingerprint density at radius 1 is 0.831 bits per heavy atom. The normalized spacial score (nSPS) is 18.5. The summed E-state index contributed by atoms with van der Waals surface area (Å²) in [5, 5.41) is 2.66. The molecule has 308 valence electrons. The molecule has 0 fully saturated rings. The fourth-order valence-electron chi connectivity index (χ4n) is 8.99. The van der Waals surface area contributed by atoms with Crippen molar-refractivity contribution in [2.75, 3.05) is 11.4 Å².